The summed E-state index contributed by atoms with van der Waals surface area (Å²) in [7, 11) is 2.98. The molecule has 0 N–H and O–H groups in total. The number of hydrogen-bond acceptors (Lipinski definition) is 6. The van der Waals surface area contributed by atoms with Crippen molar-refractivity contribution >= 4 is 23.2 Å². The van der Waals surface area contributed by atoms with Crippen LogP contribution in [0.3, 0.4) is 0 Å². The van der Waals surface area contributed by atoms with Gasteiger partial charge in [-0.3, -0.25) is 9.78 Å². The van der Waals surface area contributed by atoms with E-state index in [4.69, 9.17) is 0 Å². The number of esters is 1. The van der Waals surface area contributed by atoms with Crippen molar-refractivity contribution in [2.45, 2.75) is 13.5 Å². The van der Waals surface area contributed by atoms with Gasteiger partial charge in [-0.25, -0.2) is 9.78 Å². The molecule has 0 aromatic carbocycles. The van der Waals surface area contributed by atoms with E-state index in [1.165, 1.54) is 30.3 Å². The number of amides is 1. The van der Waals surface area contributed by atoms with E-state index in [-0.39, 0.29) is 11.6 Å². The zero-order valence-electron chi connectivity index (χ0n) is 12.0. The van der Waals surface area contributed by atoms with Gasteiger partial charge in [0.2, 0.25) is 0 Å². The van der Waals surface area contributed by atoms with Crippen molar-refractivity contribution in [1.29, 1.82) is 0 Å². The average molecular weight is 305 g/mol. The van der Waals surface area contributed by atoms with Crippen LogP contribution < -0.4 is 0 Å². The van der Waals surface area contributed by atoms with E-state index in [9.17, 15) is 9.59 Å². The molecule has 2 rings (SSSR count). The molecule has 2 aromatic heterocycles. The molecule has 2 aromatic rings. The summed E-state index contributed by atoms with van der Waals surface area (Å²) in [4.78, 5) is 33.4. The zero-order valence-corrected chi connectivity index (χ0v) is 12.8. The van der Waals surface area contributed by atoms with Crippen LogP contribution in [-0.2, 0) is 11.3 Å². The van der Waals surface area contributed by atoms with Crippen LogP contribution in [0.1, 0.15) is 31.5 Å². The highest BCUT2D eigenvalue weighted by atomic mass is 32.1. The van der Waals surface area contributed by atoms with Crippen LogP contribution in [0.5, 0.6) is 0 Å². The molecule has 6 nitrogen and oxygen atoms in total. The molecule has 7 heteroatoms. The Hall–Kier alpha value is -2.28. The van der Waals surface area contributed by atoms with Gasteiger partial charge in [-0.15, -0.1) is 11.3 Å². The Morgan fingerprint density at radius 2 is 2.14 bits per heavy atom. The second-order valence-electron chi connectivity index (χ2n) is 4.44. The van der Waals surface area contributed by atoms with Gasteiger partial charge in [0.15, 0.2) is 0 Å². The van der Waals surface area contributed by atoms with Gasteiger partial charge in [0.25, 0.3) is 5.91 Å². The lowest BCUT2D eigenvalue weighted by Gasteiger charge is -2.15. The van der Waals surface area contributed by atoms with Crippen LogP contribution >= 0.6 is 11.3 Å². The minimum Gasteiger partial charge on any atom is -0.465 e. The molecule has 110 valence electrons. The van der Waals surface area contributed by atoms with Crippen molar-refractivity contribution in [1.82, 2.24) is 14.9 Å². The fraction of sp³-hybridized carbons (Fsp3) is 0.286. The predicted octanol–water partition coefficient (Wildman–Crippen LogP) is 1.91. The summed E-state index contributed by atoms with van der Waals surface area (Å²) in [6.45, 7) is 2.34. The third kappa shape index (κ3) is 3.63. The van der Waals surface area contributed by atoms with Gasteiger partial charge in [-0.05, 0) is 19.1 Å². The summed E-state index contributed by atoms with van der Waals surface area (Å²) >= 11 is 1.55. The lowest BCUT2D eigenvalue weighted by atomic mass is 10.2. The first kappa shape index (κ1) is 15.1. The maximum Gasteiger partial charge on any atom is 0.339 e. The second kappa shape index (κ2) is 6.45. The summed E-state index contributed by atoms with van der Waals surface area (Å²) in [6.07, 6.45) is 1.33. The summed E-state index contributed by atoms with van der Waals surface area (Å²) in [5.74, 6) is -0.704. The Kier molecular flexibility index (Phi) is 4.64. The maximum atomic E-state index is 12.2. The topological polar surface area (TPSA) is 72.4 Å². The average Bonchev–Trinajstić information content (AvgIpc) is 2.90. The quantitative estimate of drug-likeness (QED) is 0.807. The molecule has 21 heavy (non-hydrogen) atoms. The van der Waals surface area contributed by atoms with Gasteiger partial charge in [0.05, 0.1) is 29.9 Å². The minimum atomic E-state index is -0.479. The molecule has 0 aliphatic rings. The van der Waals surface area contributed by atoms with Gasteiger partial charge in [0, 0.05) is 18.6 Å². The van der Waals surface area contributed by atoms with Gasteiger partial charge in [-0.1, -0.05) is 0 Å². The molecule has 0 unspecified atom stereocenters. The highest BCUT2D eigenvalue weighted by Crippen LogP contribution is 2.11. The van der Waals surface area contributed by atoms with Gasteiger partial charge < -0.3 is 9.64 Å². The van der Waals surface area contributed by atoms with E-state index in [1.54, 1.807) is 18.4 Å². The number of methoxy groups -OCH3 is 1. The van der Waals surface area contributed by atoms with Crippen LogP contribution in [-0.4, -0.2) is 40.9 Å². The highest BCUT2D eigenvalue weighted by Gasteiger charge is 2.15. The standard InChI is InChI=1S/C14H15N3O3S/c1-9-16-11(8-21-9)7-17(2)13(18)12-5-4-10(6-15-12)14(19)20-3/h4-6,8H,7H2,1-3H3. The van der Waals surface area contributed by atoms with Gasteiger partial charge in [0.1, 0.15) is 5.69 Å². The second-order valence-corrected chi connectivity index (χ2v) is 5.50. The molecule has 0 aliphatic carbocycles. The number of aromatic nitrogens is 2. The number of aryl methyl sites for hydroxylation is 1. The van der Waals surface area contributed by atoms with Crippen molar-refractivity contribution in [3.05, 3.63) is 45.7 Å². The van der Waals surface area contributed by atoms with Crippen molar-refractivity contribution in [3.63, 3.8) is 0 Å². The molecule has 0 saturated carbocycles. The smallest absolute Gasteiger partial charge is 0.339 e. The summed E-state index contributed by atoms with van der Waals surface area (Å²) in [6, 6.07) is 3.03. The van der Waals surface area contributed by atoms with E-state index in [0.29, 0.717) is 12.1 Å². The van der Waals surface area contributed by atoms with Crippen LogP contribution in [0.4, 0.5) is 0 Å². The molecule has 2 heterocycles. The number of ether oxygens (including phenoxy) is 1. The fourth-order valence-corrected chi connectivity index (χ4v) is 2.35. The molecule has 0 fully saturated rings. The first-order valence-corrected chi connectivity index (χ1v) is 7.10. The molecule has 1 amide bonds. The monoisotopic (exact) mass is 305 g/mol. The Balaban J connectivity index is 2.06. The first-order chi connectivity index (χ1) is 10.0. The van der Waals surface area contributed by atoms with Crippen LogP contribution in [0.15, 0.2) is 23.7 Å². The van der Waals surface area contributed by atoms with E-state index < -0.39 is 5.97 Å². The number of carbonyl (C=O) groups excluding carboxylic acids is 2. The molecular formula is C14H15N3O3S. The molecule has 0 saturated heterocycles. The predicted molar refractivity (Wildman–Crippen MR) is 78.2 cm³/mol. The highest BCUT2D eigenvalue weighted by molar-refractivity contribution is 7.09. The van der Waals surface area contributed by atoms with Crippen molar-refractivity contribution in [2.75, 3.05) is 14.2 Å². The van der Waals surface area contributed by atoms with E-state index in [0.717, 1.165) is 10.7 Å². The summed E-state index contributed by atoms with van der Waals surface area (Å²) in [5, 5.41) is 2.89. The number of hydrogen-bond donors (Lipinski definition) is 0. The first-order valence-electron chi connectivity index (χ1n) is 6.22. The van der Waals surface area contributed by atoms with Crippen molar-refractivity contribution < 1.29 is 14.3 Å². The molecular weight excluding hydrogens is 290 g/mol. The lowest BCUT2D eigenvalue weighted by Crippen LogP contribution is -2.27. The molecule has 0 radical (unpaired) electrons. The van der Waals surface area contributed by atoms with Crippen molar-refractivity contribution in [3.8, 4) is 0 Å². The third-order valence-electron chi connectivity index (χ3n) is 2.82. The molecule has 0 bridgehead atoms. The van der Waals surface area contributed by atoms with E-state index in [1.807, 2.05) is 12.3 Å². The Morgan fingerprint density at radius 3 is 2.67 bits per heavy atom. The number of rotatable bonds is 4. The maximum absolute atomic E-state index is 12.2. The largest absolute Gasteiger partial charge is 0.465 e. The lowest BCUT2D eigenvalue weighted by molar-refractivity contribution is 0.0599. The number of nitrogens with zero attached hydrogens (tertiary/aromatic N) is 3. The number of carbonyl (C=O) groups is 2. The van der Waals surface area contributed by atoms with Crippen LogP contribution in [0.25, 0.3) is 0 Å². The minimum absolute atomic E-state index is 0.225. The van der Waals surface area contributed by atoms with Gasteiger partial charge in [-0.2, -0.15) is 0 Å². The van der Waals surface area contributed by atoms with Crippen LogP contribution in [0, 0.1) is 6.92 Å². The number of thiazole rings is 1. The molecule has 0 aliphatic heterocycles. The van der Waals surface area contributed by atoms with Crippen molar-refractivity contribution in [2.24, 2.45) is 0 Å². The van der Waals surface area contributed by atoms with Crippen LogP contribution in [0.2, 0.25) is 0 Å². The van der Waals surface area contributed by atoms with E-state index in [2.05, 4.69) is 14.7 Å². The third-order valence-corrected chi connectivity index (χ3v) is 3.64. The number of pyridine rings is 1. The molecule has 0 spiro atoms. The normalized spacial score (nSPS) is 10.2. The summed E-state index contributed by atoms with van der Waals surface area (Å²) < 4.78 is 4.58. The molecule has 0 atom stereocenters. The SMILES string of the molecule is COC(=O)c1ccc(C(=O)N(C)Cc2csc(C)n2)nc1. The zero-order chi connectivity index (χ0) is 15.4. The van der Waals surface area contributed by atoms with E-state index >= 15 is 0 Å². The summed E-state index contributed by atoms with van der Waals surface area (Å²) in [5.41, 5.74) is 1.43. The fourth-order valence-electron chi connectivity index (χ4n) is 1.75. The van der Waals surface area contributed by atoms with Gasteiger partial charge >= 0.3 is 5.97 Å². The Morgan fingerprint density at radius 1 is 1.38 bits per heavy atom. The Bertz CT molecular complexity index is 652. The Labute approximate surface area is 126 Å².